The molecule has 0 radical (unpaired) electrons. The van der Waals surface area contributed by atoms with E-state index in [1.807, 2.05) is 92.9 Å². The second-order valence-corrected chi connectivity index (χ2v) is 9.87. The van der Waals surface area contributed by atoms with E-state index in [0.717, 1.165) is 27.9 Å². The summed E-state index contributed by atoms with van der Waals surface area (Å²) in [6.45, 7) is 6.29. The van der Waals surface area contributed by atoms with Crippen molar-refractivity contribution in [2.45, 2.75) is 51.9 Å². The number of para-hydroxylation sites is 1. The molecule has 2 aromatic carbocycles. The molecule has 4 aromatic rings. The molecule has 0 aliphatic rings. The second-order valence-electron chi connectivity index (χ2n) is 8.89. The molecule has 0 aliphatic heterocycles. The molecule has 8 heteroatoms. The molecule has 2 heterocycles. The Labute approximate surface area is 203 Å². The molecule has 34 heavy (non-hydrogen) atoms. The first kappa shape index (κ1) is 23.6. The number of rotatable bonds is 9. The monoisotopic (exact) mass is 475 g/mol. The molecule has 176 valence electrons. The average Bonchev–Trinajstić information content (AvgIpc) is 3.50. The number of fused-ring (bicyclic) bond motifs is 1. The highest BCUT2D eigenvalue weighted by molar-refractivity contribution is 7.10. The van der Waals surface area contributed by atoms with Gasteiger partial charge in [0, 0.05) is 17.0 Å². The second kappa shape index (κ2) is 10.2. The number of benzene rings is 2. The number of hydrogen-bond donors (Lipinski definition) is 1. The maximum Gasteiger partial charge on any atom is 0.248 e. The number of aromatic nitrogens is 3. The van der Waals surface area contributed by atoms with Crippen molar-refractivity contribution in [3.8, 4) is 0 Å². The molecule has 2 aromatic heterocycles. The van der Waals surface area contributed by atoms with Crippen LogP contribution >= 0.6 is 11.3 Å². The van der Waals surface area contributed by atoms with Crippen LogP contribution in [0.15, 0.2) is 72.1 Å². The minimum absolute atomic E-state index is 0.0142. The van der Waals surface area contributed by atoms with Crippen molar-refractivity contribution in [2.24, 2.45) is 0 Å². The Morgan fingerprint density at radius 2 is 1.79 bits per heavy atom. The summed E-state index contributed by atoms with van der Waals surface area (Å²) in [5.74, 6) is -0.399. The van der Waals surface area contributed by atoms with Crippen molar-refractivity contribution in [3.05, 3.63) is 82.6 Å². The molecular formula is C26H29N5O2S. The minimum atomic E-state index is -0.756. The number of thiophene rings is 1. The standard InChI is InChI=1S/C26H29N5O2S/c1-4-26(2,3)27-25(33)24(22-15-10-16-34-22)30(17-19-11-6-5-7-12-19)23(32)18-31-21-14-9-8-13-20(21)28-29-31/h5-16,24H,4,17-18H2,1-3H3,(H,27,33)/t24-/m0/s1. The van der Waals surface area contributed by atoms with Crippen LogP contribution in [0.3, 0.4) is 0 Å². The molecule has 0 bridgehead atoms. The van der Waals surface area contributed by atoms with Gasteiger partial charge in [0.1, 0.15) is 18.1 Å². The lowest BCUT2D eigenvalue weighted by molar-refractivity contribution is -0.142. The van der Waals surface area contributed by atoms with Gasteiger partial charge in [0.15, 0.2) is 0 Å². The lowest BCUT2D eigenvalue weighted by Gasteiger charge is -2.34. The summed E-state index contributed by atoms with van der Waals surface area (Å²) in [7, 11) is 0. The van der Waals surface area contributed by atoms with Crippen molar-refractivity contribution in [2.75, 3.05) is 0 Å². The quantitative estimate of drug-likeness (QED) is 0.385. The summed E-state index contributed by atoms with van der Waals surface area (Å²) < 4.78 is 1.59. The van der Waals surface area contributed by atoms with Crippen LogP contribution < -0.4 is 5.32 Å². The first-order chi connectivity index (χ1) is 16.4. The summed E-state index contributed by atoms with van der Waals surface area (Å²) >= 11 is 1.47. The zero-order valence-corrected chi connectivity index (χ0v) is 20.5. The lowest BCUT2D eigenvalue weighted by atomic mass is 10.0. The molecule has 0 spiro atoms. The number of carbonyl (C=O) groups excluding carboxylic acids is 2. The van der Waals surface area contributed by atoms with E-state index in [1.54, 1.807) is 9.58 Å². The zero-order chi connectivity index (χ0) is 24.1. The Balaban J connectivity index is 1.71. The molecule has 4 rings (SSSR count). The fourth-order valence-corrected chi connectivity index (χ4v) is 4.55. The van der Waals surface area contributed by atoms with Crippen molar-refractivity contribution < 1.29 is 9.59 Å². The third-order valence-corrected chi connectivity index (χ3v) is 6.86. The van der Waals surface area contributed by atoms with Crippen molar-refractivity contribution in [1.82, 2.24) is 25.2 Å². The third-order valence-electron chi connectivity index (χ3n) is 5.94. The van der Waals surface area contributed by atoms with Crippen molar-refractivity contribution in [3.63, 3.8) is 0 Å². The van der Waals surface area contributed by atoms with Gasteiger partial charge in [-0.3, -0.25) is 9.59 Å². The summed E-state index contributed by atoms with van der Waals surface area (Å²) in [4.78, 5) is 29.9. The predicted molar refractivity (Wildman–Crippen MR) is 134 cm³/mol. The number of hydrogen-bond acceptors (Lipinski definition) is 5. The van der Waals surface area contributed by atoms with Gasteiger partial charge in [-0.1, -0.05) is 60.7 Å². The van der Waals surface area contributed by atoms with Gasteiger partial charge in [0.2, 0.25) is 11.8 Å². The van der Waals surface area contributed by atoms with Gasteiger partial charge >= 0.3 is 0 Å². The van der Waals surface area contributed by atoms with Gasteiger partial charge in [0.25, 0.3) is 0 Å². The third kappa shape index (κ3) is 5.34. The topological polar surface area (TPSA) is 80.1 Å². The SMILES string of the molecule is CCC(C)(C)NC(=O)[C@H](c1cccs1)N(Cc1ccccc1)C(=O)Cn1nnc2ccccc21. The highest BCUT2D eigenvalue weighted by Crippen LogP contribution is 2.29. The van der Waals surface area contributed by atoms with Crippen LogP contribution in [-0.4, -0.2) is 37.2 Å². The van der Waals surface area contributed by atoms with Crippen LogP contribution in [0, 0.1) is 0 Å². The Hall–Kier alpha value is -3.52. The van der Waals surface area contributed by atoms with Crippen molar-refractivity contribution in [1.29, 1.82) is 0 Å². The van der Waals surface area contributed by atoms with E-state index in [-0.39, 0.29) is 18.4 Å². The number of amides is 2. The molecule has 1 atom stereocenters. The Bertz CT molecular complexity index is 1250. The van der Waals surface area contributed by atoms with E-state index < -0.39 is 11.6 Å². The molecule has 7 nitrogen and oxygen atoms in total. The molecule has 0 unspecified atom stereocenters. The van der Waals surface area contributed by atoms with Gasteiger partial charge < -0.3 is 10.2 Å². The summed E-state index contributed by atoms with van der Waals surface area (Å²) in [6, 6.07) is 20.3. The van der Waals surface area contributed by atoms with Crippen LogP contribution in [0.2, 0.25) is 0 Å². The lowest BCUT2D eigenvalue weighted by Crippen LogP contribution is -2.50. The van der Waals surface area contributed by atoms with Crippen LogP contribution in [0.1, 0.15) is 43.7 Å². The predicted octanol–water partition coefficient (Wildman–Crippen LogP) is 4.57. The molecule has 1 N–H and O–H groups in total. The first-order valence-electron chi connectivity index (χ1n) is 11.3. The summed E-state index contributed by atoms with van der Waals surface area (Å²) in [5.41, 5.74) is 2.06. The fourth-order valence-electron chi connectivity index (χ4n) is 3.72. The smallest absolute Gasteiger partial charge is 0.248 e. The van der Waals surface area contributed by atoms with E-state index in [4.69, 9.17) is 0 Å². The van der Waals surface area contributed by atoms with E-state index in [9.17, 15) is 9.59 Å². The first-order valence-corrected chi connectivity index (χ1v) is 12.2. The molecule has 0 saturated carbocycles. The van der Waals surface area contributed by atoms with Crippen LogP contribution in [0.25, 0.3) is 11.0 Å². The minimum Gasteiger partial charge on any atom is -0.349 e. The largest absolute Gasteiger partial charge is 0.349 e. The van der Waals surface area contributed by atoms with Gasteiger partial charge in [-0.05, 0) is 49.4 Å². The Kier molecular flexibility index (Phi) is 7.07. The number of carbonyl (C=O) groups is 2. The highest BCUT2D eigenvalue weighted by atomic mass is 32.1. The molecule has 0 saturated heterocycles. The normalized spacial score (nSPS) is 12.4. The number of nitrogens with one attached hydrogen (secondary N) is 1. The van der Waals surface area contributed by atoms with E-state index in [0.29, 0.717) is 6.54 Å². The van der Waals surface area contributed by atoms with Gasteiger partial charge in [-0.25, -0.2) is 4.68 Å². The van der Waals surface area contributed by atoms with Crippen LogP contribution in [0.4, 0.5) is 0 Å². The Morgan fingerprint density at radius 1 is 1.06 bits per heavy atom. The maximum atomic E-state index is 13.8. The highest BCUT2D eigenvalue weighted by Gasteiger charge is 2.35. The summed E-state index contributed by atoms with van der Waals surface area (Å²) in [5, 5.41) is 13.4. The van der Waals surface area contributed by atoms with Crippen LogP contribution in [0.5, 0.6) is 0 Å². The molecular weight excluding hydrogens is 446 g/mol. The fraction of sp³-hybridized carbons (Fsp3) is 0.308. The van der Waals surface area contributed by atoms with Gasteiger partial charge in [-0.2, -0.15) is 0 Å². The van der Waals surface area contributed by atoms with Gasteiger partial charge in [0.05, 0.1) is 5.52 Å². The zero-order valence-electron chi connectivity index (χ0n) is 19.6. The van der Waals surface area contributed by atoms with E-state index >= 15 is 0 Å². The Morgan fingerprint density at radius 3 is 2.50 bits per heavy atom. The van der Waals surface area contributed by atoms with E-state index in [1.165, 1.54) is 11.3 Å². The van der Waals surface area contributed by atoms with Crippen LogP contribution in [-0.2, 0) is 22.7 Å². The van der Waals surface area contributed by atoms with Crippen molar-refractivity contribution >= 4 is 34.2 Å². The maximum absolute atomic E-state index is 13.8. The summed E-state index contributed by atoms with van der Waals surface area (Å²) in [6.07, 6.45) is 0.771. The molecule has 0 fully saturated rings. The van der Waals surface area contributed by atoms with Gasteiger partial charge in [-0.15, -0.1) is 16.4 Å². The van der Waals surface area contributed by atoms with E-state index in [2.05, 4.69) is 15.6 Å². The molecule has 0 aliphatic carbocycles. The average molecular weight is 476 g/mol. The number of nitrogens with zero attached hydrogens (tertiary/aromatic N) is 4. The molecule has 2 amide bonds.